The summed E-state index contributed by atoms with van der Waals surface area (Å²) in [5.74, 6) is 2.01. The minimum atomic E-state index is 0.408. The molecule has 100 valence electrons. The molecule has 1 aliphatic carbocycles. The number of hydrogen-bond donors (Lipinski definition) is 2. The van der Waals surface area contributed by atoms with Crippen LogP contribution in [0.25, 0.3) is 0 Å². The van der Waals surface area contributed by atoms with E-state index in [0.29, 0.717) is 24.4 Å². The Labute approximate surface area is 108 Å². The van der Waals surface area contributed by atoms with E-state index in [4.69, 9.17) is 10.2 Å². The third kappa shape index (κ3) is 3.75. The Balaban J connectivity index is 1.80. The molecule has 1 aromatic heterocycles. The van der Waals surface area contributed by atoms with E-state index in [9.17, 15) is 0 Å². The maximum absolute atomic E-state index is 5.86. The summed E-state index contributed by atoms with van der Waals surface area (Å²) in [4.78, 5) is 8.41. The summed E-state index contributed by atoms with van der Waals surface area (Å²) < 4.78 is 5.47. The summed E-state index contributed by atoms with van der Waals surface area (Å²) in [6, 6.07) is 0.485. The summed E-state index contributed by atoms with van der Waals surface area (Å²) in [5.41, 5.74) is 5.86. The summed E-state index contributed by atoms with van der Waals surface area (Å²) in [6.45, 7) is 2.44. The van der Waals surface area contributed by atoms with Gasteiger partial charge < -0.3 is 15.5 Å². The fraction of sp³-hybridized carbons (Fsp3) is 0.692. The molecule has 1 saturated carbocycles. The Kier molecular flexibility index (Phi) is 4.61. The van der Waals surface area contributed by atoms with Gasteiger partial charge in [0.05, 0.1) is 6.20 Å². The molecule has 2 rings (SSSR count). The second kappa shape index (κ2) is 6.42. The molecule has 5 nitrogen and oxygen atoms in total. The molecule has 0 radical (unpaired) electrons. The van der Waals surface area contributed by atoms with Gasteiger partial charge in [-0.1, -0.05) is 26.2 Å². The van der Waals surface area contributed by atoms with Crippen molar-refractivity contribution in [3.8, 4) is 0 Å². The van der Waals surface area contributed by atoms with E-state index in [1.807, 2.05) is 6.92 Å². The molecular weight excluding hydrogens is 228 g/mol. The van der Waals surface area contributed by atoms with Crippen LogP contribution in [0, 0.1) is 0 Å². The normalized spacial score (nSPS) is 17.9. The van der Waals surface area contributed by atoms with Crippen LogP contribution in [-0.2, 0) is 13.0 Å². The van der Waals surface area contributed by atoms with Crippen molar-refractivity contribution in [3.63, 3.8) is 0 Å². The topological polar surface area (TPSA) is 76.4 Å². The first kappa shape index (κ1) is 12.9. The van der Waals surface area contributed by atoms with E-state index in [-0.39, 0.29) is 0 Å². The molecular formula is C13H22N4O. The number of aliphatic imine (C=N–C) groups is 1. The van der Waals surface area contributed by atoms with Crippen molar-refractivity contribution in [3.05, 3.63) is 17.8 Å². The minimum Gasteiger partial charge on any atom is -0.444 e. The van der Waals surface area contributed by atoms with Gasteiger partial charge in [-0.2, -0.15) is 0 Å². The maximum atomic E-state index is 5.86. The summed E-state index contributed by atoms with van der Waals surface area (Å²) in [7, 11) is 0. The Morgan fingerprint density at radius 2 is 2.28 bits per heavy atom. The molecule has 0 saturated heterocycles. The van der Waals surface area contributed by atoms with E-state index >= 15 is 0 Å². The van der Waals surface area contributed by atoms with Crippen LogP contribution in [0.1, 0.15) is 50.7 Å². The Morgan fingerprint density at radius 3 is 2.94 bits per heavy atom. The largest absolute Gasteiger partial charge is 0.444 e. The lowest BCUT2D eigenvalue weighted by Crippen LogP contribution is -2.41. The van der Waals surface area contributed by atoms with Crippen LogP contribution in [0.2, 0.25) is 0 Å². The number of aromatic nitrogens is 1. The molecule has 18 heavy (non-hydrogen) atoms. The molecule has 3 N–H and O–H groups in total. The molecule has 1 aliphatic rings. The van der Waals surface area contributed by atoms with E-state index < -0.39 is 0 Å². The van der Waals surface area contributed by atoms with Crippen molar-refractivity contribution in [2.24, 2.45) is 10.7 Å². The van der Waals surface area contributed by atoms with Crippen LogP contribution in [-0.4, -0.2) is 17.0 Å². The van der Waals surface area contributed by atoms with Gasteiger partial charge in [0.15, 0.2) is 5.96 Å². The van der Waals surface area contributed by atoms with Crippen molar-refractivity contribution in [2.75, 3.05) is 0 Å². The van der Waals surface area contributed by atoms with Crippen molar-refractivity contribution in [1.29, 1.82) is 0 Å². The molecule has 0 aromatic carbocycles. The minimum absolute atomic E-state index is 0.408. The number of oxazole rings is 1. The van der Waals surface area contributed by atoms with Gasteiger partial charge in [-0.3, -0.25) is 0 Å². The molecule has 1 heterocycles. The third-order valence-electron chi connectivity index (χ3n) is 3.29. The molecule has 1 aromatic rings. The average Bonchev–Trinajstić information content (AvgIpc) is 2.85. The Morgan fingerprint density at radius 1 is 1.50 bits per heavy atom. The van der Waals surface area contributed by atoms with Gasteiger partial charge in [-0.25, -0.2) is 9.98 Å². The highest BCUT2D eigenvalue weighted by atomic mass is 16.4. The summed E-state index contributed by atoms with van der Waals surface area (Å²) in [5, 5.41) is 3.27. The lowest BCUT2D eigenvalue weighted by molar-refractivity contribution is 0.411. The van der Waals surface area contributed by atoms with Crippen molar-refractivity contribution < 1.29 is 4.42 Å². The first-order chi connectivity index (χ1) is 8.78. The highest BCUT2D eigenvalue weighted by molar-refractivity contribution is 5.78. The molecule has 0 amide bonds. The van der Waals surface area contributed by atoms with E-state index in [1.165, 1.54) is 32.1 Å². The quantitative estimate of drug-likeness (QED) is 0.632. The van der Waals surface area contributed by atoms with Gasteiger partial charge in [0.2, 0.25) is 5.89 Å². The van der Waals surface area contributed by atoms with Gasteiger partial charge in [0, 0.05) is 12.5 Å². The monoisotopic (exact) mass is 250 g/mol. The van der Waals surface area contributed by atoms with Crippen LogP contribution in [0.4, 0.5) is 0 Å². The second-order valence-corrected chi connectivity index (χ2v) is 4.75. The summed E-state index contributed by atoms with van der Waals surface area (Å²) in [6.07, 6.45) is 8.88. The van der Waals surface area contributed by atoms with Crippen LogP contribution in [0.5, 0.6) is 0 Å². The van der Waals surface area contributed by atoms with Crippen molar-refractivity contribution >= 4 is 5.96 Å². The number of nitrogens with two attached hydrogens (primary N) is 1. The molecule has 0 atom stereocenters. The number of hydrogen-bond acceptors (Lipinski definition) is 3. The number of rotatable bonds is 4. The molecule has 5 heteroatoms. The van der Waals surface area contributed by atoms with Gasteiger partial charge in [-0.05, 0) is 12.8 Å². The van der Waals surface area contributed by atoms with Crippen LogP contribution in [0.15, 0.2) is 15.6 Å². The lowest BCUT2D eigenvalue weighted by Gasteiger charge is -2.23. The zero-order valence-corrected chi connectivity index (χ0v) is 11.0. The molecule has 0 unspecified atom stereocenters. The number of nitrogens with zero attached hydrogens (tertiary/aromatic N) is 2. The molecule has 1 fully saturated rings. The second-order valence-electron chi connectivity index (χ2n) is 4.75. The van der Waals surface area contributed by atoms with E-state index in [1.54, 1.807) is 6.20 Å². The molecule has 0 aliphatic heterocycles. The standard InChI is InChI=1S/C13H22N4O/c1-2-11-8-15-12(18-11)9-16-13(14)17-10-6-4-3-5-7-10/h8,10H,2-7,9H2,1H3,(H3,14,16,17). The summed E-state index contributed by atoms with van der Waals surface area (Å²) >= 11 is 0. The SMILES string of the molecule is CCc1cnc(CN=C(N)NC2CCCCC2)o1. The highest BCUT2D eigenvalue weighted by Gasteiger charge is 2.13. The smallest absolute Gasteiger partial charge is 0.216 e. The third-order valence-corrected chi connectivity index (χ3v) is 3.29. The number of nitrogens with one attached hydrogen (secondary N) is 1. The van der Waals surface area contributed by atoms with Gasteiger partial charge in [0.1, 0.15) is 12.3 Å². The first-order valence-corrected chi connectivity index (χ1v) is 6.78. The fourth-order valence-corrected chi connectivity index (χ4v) is 2.24. The predicted molar refractivity (Wildman–Crippen MR) is 71.2 cm³/mol. The predicted octanol–water partition coefficient (Wildman–Crippen LogP) is 1.97. The zero-order valence-electron chi connectivity index (χ0n) is 11.0. The van der Waals surface area contributed by atoms with Crippen molar-refractivity contribution in [1.82, 2.24) is 10.3 Å². The van der Waals surface area contributed by atoms with Crippen LogP contribution >= 0.6 is 0 Å². The van der Waals surface area contributed by atoms with Gasteiger partial charge in [0.25, 0.3) is 0 Å². The Bertz CT molecular complexity index is 393. The molecule has 0 bridgehead atoms. The van der Waals surface area contributed by atoms with Gasteiger partial charge in [-0.15, -0.1) is 0 Å². The van der Waals surface area contributed by atoms with E-state index in [2.05, 4.69) is 15.3 Å². The average molecular weight is 250 g/mol. The first-order valence-electron chi connectivity index (χ1n) is 6.78. The maximum Gasteiger partial charge on any atom is 0.216 e. The number of aryl methyl sites for hydroxylation is 1. The lowest BCUT2D eigenvalue weighted by atomic mass is 9.96. The van der Waals surface area contributed by atoms with E-state index in [0.717, 1.165) is 12.2 Å². The van der Waals surface area contributed by atoms with Crippen LogP contribution in [0.3, 0.4) is 0 Å². The fourth-order valence-electron chi connectivity index (χ4n) is 2.24. The van der Waals surface area contributed by atoms with Crippen LogP contribution < -0.4 is 11.1 Å². The van der Waals surface area contributed by atoms with Gasteiger partial charge >= 0.3 is 0 Å². The zero-order chi connectivity index (χ0) is 12.8. The van der Waals surface area contributed by atoms with Crippen molar-refractivity contribution in [2.45, 2.75) is 58.0 Å². The number of guanidine groups is 1. The molecule has 0 spiro atoms. The highest BCUT2D eigenvalue weighted by Crippen LogP contribution is 2.17. The Hall–Kier alpha value is -1.52.